The van der Waals surface area contributed by atoms with E-state index in [4.69, 9.17) is 0 Å². The SMILES string of the molecule is Cc1ccc(=O)n(CC2(O)CC3CCCC(C2)N3)n1. The van der Waals surface area contributed by atoms with Gasteiger partial charge in [0.25, 0.3) is 5.56 Å². The highest BCUT2D eigenvalue weighted by Crippen LogP contribution is 2.33. The van der Waals surface area contributed by atoms with Crippen molar-refractivity contribution >= 4 is 0 Å². The second kappa shape index (κ2) is 4.72. The number of aliphatic hydroxyl groups is 1. The van der Waals surface area contributed by atoms with Crippen molar-refractivity contribution in [1.82, 2.24) is 15.1 Å². The number of nitrogens with one attached hydrogen (secondary N) is 1. The summed E-state index contributed by atoms with van der Waals surface area (Å²) in [5.74, 6) is 0. The Bertz CT molecular complexity index is 514. The first-order valence-corrected chi connectivity index (χ1v) is 7.07. The highest BCUT2D eigenvalue weighted by atomic mass is 16.3. The summed E-state index contributed by atoms with van der Waals surface area (Å²) in [5.41, 5.74) is -0.133. The molecule has 2 bridgehead atoms. The number of rotatable bonds is 2. The van der Waals surface area contributed by atoms with Crippen LogP contribution in [0.3, 0.4) is 0 Å². The van der Waals surface area contributed by atoms with Gasteiger partial charge in [0.1, 0.15) is 0 Å². The molecule has 2 N–H and O–H groups in total. The second-order valence-electron chi connectivity index (χ2n) is 6.09. The molecule has 3 heterocycles. The molecule has 2 unspecified atom stereocenters. The number of fused-ring (bicyclic) bond motifs is 2. The van der Waals surface area contributed by atoms with Crippen LogP contribution >= 0.6 is 0 Å². The molecule has 2 fully saturated rings. The maximum absolute atomic E-state index is 11.8. The highest BCUT2D eigenvalue weighted by Gasteiger charge is 2.41. The number of nitrogens with zero attached hydrogens (tertiary/aromatic N) is 2. The van der Waals surface area contributed by atoms with Crippen molar-refractivity contribution in [2.75, 3.05) is 0 Å². The third-order valence-electron chi connectivity index (χ3n) is 4.27. The van der Waals surface area contributed by atoms with Crippen LogP contribution in [0, 0.1) is 6.92 Å². The molecule has 0 aliphatic carbocycles. The summed E-state index contributed by atoms with van der Waals surface area (Å²) in [4.78, 5) is 11.8. The lowest BCUT2D eigenvalue weighted by atomic mass is 9.77. The Labute approximate surface area is 112 Å². The van der Waals surface area contributed by atoms with Crippen LogP contribution < -0.4 is 10.9 Å². The molecule has 19 heavy (non-hydrogen) atoms. The summed E-state index contributed by atoms with van der Waals surface area (Å²) in [7, 11) is 0. The summed E-state index contributed by atoms with van der Waals surface area (Å²) in [6, 6.07) is 4.00. The van der Waals surface area contributed by atoms with E-state index in [1.165, 1.54) is 17.2 Å². The molecule has 1 aromatic heterocycles. The predicted molar refractivity (Wildman–Crippen MR) is 72.0 cm³/mol. The molecule has 0 aromatic carbocycles. The first kappa shape index (κ1) is 12.8. The van der Waals surface area contributed by atoms with Crippen molar-refractivity contribution in [2.45, 2.75) is 63.3 Å². The molecule has 104 valence electrons. The lowest BCUT2D eigenvalue weighted by molar-refractivity contribution is -0.0467. The minimum absolute atomic E-state index is 0.136. The van der Waals surface area contributed by atoms with Crippen molar-refractivity contribution in [1.29, 1.82) is 0 Å². The molecule has 1 aromatic rings. The first-order chi connectivity index (χ1) is 9.04. The molecule has 2 aliphatic rings. The van der Waals surface area contributed by atoms with Crippen LogP contribution in [0.4, 0.5) is 0 Å². The minimum Gasteiger partial charge on any atom is -0.388 e. The summed E-state index contributed by atoms with van der Waals surface area (Å²) >= 11 is 0. The van der Waals surface area contributed by atoms with Gasteiger partial charge in [-0.2, -0.15) is 5.10 Å². The van der Waals surface area contributed by atoms with Gasteiger partial charge in [0.2, 0.25) is 0 Å². The van der Waals surface area contributed by atoms with Crippen molar-refractivity contribution in [3.63, 3.8) is 0 Å². The quantitative estimate of drug-likeness (QED) is 0.819. The maximum atomic E-state index is 11.8. The molecule has 3 rings (SSSR count). The Kier molecular flexibility index (Phi) is 3.19. The van der Waals surface area contributed by atoms with Crippen LogP contribution in [0.25, 0.3) is 0 Å². The van der Waals surface area contributed by atoms with E-state index in [2.05, 4.69) is 10.4 Å². The number of hydrogen-bond donors (Lipinski definition) is 2. The normalized spacial score (nSPS) is 34.2. The minimum atomic E-state index is -0.800. The largest absolute Gasteiger partial charge is 0.388 e. The van der Waals surface area contributed by atoms with E-state index in [1.54, 1.807) is 6.07 Å². The Balaban J connectivity index is 1.81. The molecule has 0 spiro atoms. The van der Waals surface area contributed by atoms with Crippen LogP contribution in [0.15, 0.2) is 16.9 Å². The fraction of sp³-hybridized carbons (Fsp3) is 0.714. The van der Waals surface area contributed by atoms with Crippen LogP contribution in [0.1, 0.15) is 37.8 Å². The molecular weight excluding hydrogens is 242 g/mol. The van der Waals surface area contributed by atoms with Crippen LogP contribution in [-0.4, -0.2) is 32.6 Å². The van der Waals surface area contributed by atoms with Gasteiger partial charge >= 0.3 is 0 Å². The van der Waals surface area contributed by atoms with Gasteiger partial charge < -0.3 is 10.4 Å². The van der Waals surface area contributed by atoms with Crippen LogP contribution in [0.2, 0.25) is 0 Å². The van der Waals surface area contributed by atoms with Gasteiger partial charge in [-0.1, -0.05) is 6.42 Å². The van der Waals surface area contributed by atoms with E-state index in [0.29, 0.717) is 31.5 Å². The topological polar surface area (TPSA) is 67.2 Å². The van der Waals surface area contributed by atoms with Crippen molar-refractivity contribution in [3.8, 4) is 0 Å². The molecule has 2 atom stereocenters. The van der Waals surface area contributed by atoms with Gasteiger partial charge in [-0.3, -0.25) is 4.79 Å². The number of aryl methyl sites for hydroxylation is 1. The lowest BCUT2D eigenvalue weighted by Gasteiger charge is -2.45. The predicted octanol–water partition coefficient (Wildman–Crippen LogP) is 0.587. The van der Waals surface area contributed by atoms with E-state index in [1.807, 2.05) is 6.92 Å². The van der Waals surface area contributed by atoms with Gasteiger partial charge in [0.15, 0.2) is 0 Å². The van der Waals surface area contributed by atoms with E-state index in [0.717, 1.165) is 18.5 Å². The molecule has 5 nitrogen and oxygen atoms in total. The van der Waals surface area contributed by atoms with E-state index in [9.17, 15) is 9.90 Å². The summed E-state index contributed by atoms with van der Waals surface area (Å²) in [6.45, 7) is 2.17. The molecule has 5 heteroatoms. The maximum Gasteiger partial charge on any atom is 0.266 e. The Morgan fingerprint density at radius 2 is 2.11 bits per heavy atom. The highest BCUT2D eigenvalue weighted by molar-refractivity contribution is 5.00. The Hall–Kier alpha value is -1.20. The summed E-state index contributed by atoms with van der Waals surface area (Å²) in [6.07, 6.45) is 4.90. The Morgan fingerprint density at radius 3 is 2.79 bits per heavy atom. The monoisotopic (exact) mass is 263 g/mol. The zero-order valence-electron chi connectivity index (χ0n) is 11.3. The van der Waals surface area contributed by atoms with Crippen LogP contribution in [0.5, 0.6) is 0 Å². The Morgan fingerprint density at radius 1 is 1.42 bits per heavy atom. The molecule has 2 aliphatic heterocycles. The summed E-state index contributed by atoms with van der Waals surface area (Å²) < 4.78 is 1.41. The van der Waals surface area contributed by atoms with E-state index < -0.39 is 5.60 Å². The van der Waals surface area contributed by atoms with Gasteiger partial charge in [-0.05, 0) is 38.7 Å². The summed E-state index contributed by atoms with van der Waals surface area (Å²) in [5, 5.41) is 18.6. The van der Waals surface area contributed by atoms with Gasteiger partial charge in [0, 0.05) is 18.2 Å². The lowest BCUT2D eigenvalue weighted by Crippen LogP contribution is -2.57. The van der Waals surface area contributed by atoms with Gasteiger partial charge in [-0.25, -0.2) is 4.68 Å². The van der Waals surface area contributed by atoms with Gasteiger partial charge in [-0.15, -0.1) is 0 Å². The van der Waals surface area contributed by atoms with E-state index >= 15 is 0 Å². The molecule has 0 amide bonds. The molecule has 0 radical (unpaired) electrons. The molecule has 2 saturated heterocycles. The average molecular weight is 263 g/mol. The van der Waals surface area contributed by atoms with Crippen LogP contribution in [-0.2, 0) is 6.54 Å². The number of hydrogen-bond acceptors (Lipinski definition) is 4. The standard InChI is InChI=1S/C14H21N3O2/c1-10-5-6-13(18)17(16-10)9-14(19)7-11-3-2-4-12(8-14)15-11/h5-6,11-12,15,19H,2-4,7-9H2,1H3. The second-order valence-corrected chi connectivity index (χ2v) is 6.09. The number of aromatic nitrogens is 2. The average Bonchev–Trinajstić information content (AvgIpc) is 2.33. The van der Waals surface area contributed by atoms with Gasteiger partial charge in [0.05, 0.1) is 17.8 Å². The first-order valence-electron chi connectivity index (χ1n) is 7.07. The number of piperidine rings is 2. The fourth-order valence-electron chi connectivity index (χ4n) is 3.51. The van der Waals surface area contributed by atoms with Crippen molar-refractivity contribution < 1.29 is 5.11 Å². The third-order valence-corrected chi connectivity index (χ3v) is 4.27. The smallest absolute Gasteiger partial charge is 0.266 e. The fourth-order valence-corrected chi connectivity index (χ4v) is 3.51. The van der Waals surface area contributed by atoms with Crippen molar-refractivity contribution in [2.24, 2.45) is 0 Å². The zero-order chi connectivity index (χ0) is 13.5. The zero-order valence-corrected chi connectivity index (χ0v) is 11.3. The van der Waals surface area contributed by atoms with Crippen molar-refractivity contribution in [3.05, 3.63) is 28.2 Å². The molecule has 0 saturated carbocycles. The third kappa shape index (κ3) is 2.72. The molecular formula is C14H21N3O2. The van der Waals surface area contributed by atoms with E-state index in [-0.39, 0.29) is 5.56 Å².